The van der Waals surface area contributed by atoms with E-state index in [4.69, 9.17) is 9.47 Å². The zero-order chi connectivity index (χ0) is 12.1. The minimum absolute atomic E-state index is 0.649. The summed E-state index contributed by atoms with van der Waals surface area (Å²) < 4.78 is 11.0. The highest BCUT2D eigenvalue weighted by atomic mass is 16.5. The van der Waals surface area contributed by atoms with E-state index in [1.54, 1.807) is 7.11 Å². The van der Waals surface area contributed by atoms with Gasteiger partial charge in [-0.1, -0.05) is 24.3 Å². The van der Waals surface area contributed by atoms with Crippen molar-refractivity contribution in [2.24, 2.45) is 0 Å². The Balaban J connectivity index is 2.52. The summed E-state index contributed by atoms with van der Waals surface area (Å²) in [7, 11) is 1.67. The smallest absolute Gasteiger partial charge is 0.127 e. The number of para-hydroxylation sites is 1. The van der Waals surface area contributed by atoms with Crippen LogP contribution in [0.25, 0.3) is 11.1 Å². The Morgan fingerprint density at radius 2 is 1.88 bits per heavy atom. The van der Waals surface area contributed by atoms with Crippen LogP contribution in [-0.2, 0) is 0 Å². The molecule has 0 aliphatic rings. The maximum Gasteiger partial charge on any atom is 0.127 e. The van der Waals surface area contributed by atoms with Gasteiger partial charge in [-0.05, 0) is 31.2 Å². The van der Waals surface area contributed by atoms with E-state index in [0.717, 1.165) is 22.6 Å². The normalized spacial score (nSPS) is 10.0. The van der Waals surface area contributed by atoms with Gasteiger partial charge in [0.2, 0.25) is 0 Å². The van der Waals surface area contributed by atoms with Crippen molar-refractivity contribution in [3.05, 3.63) is 48.5 Å². The predicted octanol–water partition coefficient (Wildman–Crippen LogP) is 3.56. The molecule has 0 bridgehead atoms. The molecular weight excluding hydrogens is 212 g/mol. The van der Waals surface area contributed by atoms with Gasteiger partial charge in [-0.3, -0.25) is 0 Å². The van der Waals surface area contributed by atoms with Crippen LogP contribution in [0.15, 0.2) is 42.5 Å². The second-order valence-corrected chi connectivity index (χ2v) is 3.56. The fraction of sp³-hybridized carbons (Fsp3) is 0.200. The van der Waals surface area contributed by atoms with Crippen molar-refractivity contribution in [1.29, 1.82) is 0 Å². The summed E-state index contributed by atoms with van der Waals surface area (Å²) in [5, 5.41) is 0. The van der Waals surface area contributed by atoms with Crippen LogP contribution in [-0.4, -0.2) is 13.7 Å². The van der Waals surface area contributed by atoms with Crippen LogP contribution in [0.3, 0.4) is 0 Å². The number of methoxy groups -OCH3 is 1. The lowest BCUT2D eigenvalue weighted by molar-refractivity contribution is 0.341. The van der Waals surface area contributed by atoms with Crippen molar-refractivity contribution in [1.82, 2.24) is 0 Å². The summed E-state index contributed by atoms with van der Waals surface area (Å²) >= 11 is 0. The van der Waals surface area contributed by atoms with E-state index in [2.05, 4.69) is 6.07 Å². The van der Waals surface area contributed by atoms with Crippen molar-refractivity contribution in [3.8, 4) is 22.6 Å². The Kier molecular flexibility index (Phi) is 3.66. The lowest BCUT2D eigenvalue weighted by atomic mass is 10.0. The molecule has 2 rings (SSSR count). The van der Waals surface area contributed by atoms with Crippen LogP contribution in [0.4, 0.5) is 0 Å². The monoisotopic (exact) mass is 227 g/mol. The lowest BCUT2D eigenvalue weighted by Gasteiger charge is -2.12. The number of rotatable bonds is 4. The Morgan fingerprint density at radius 3 is 2.65 bits per heavy atom. The van der Waals surface area contributed by atoms with Crippen LogP contribution in [0.5, 0.6) is 11.5 Å². The second kappa shape index (κ2) is 5.39. The third-order valence-electron chi connectivity index (χ3n) is 2.52. The van der Waals surface area contributed by atoms with Crippen molar-refractivity contribution in [2.75, 3.05) is 13.7 Å². The minimum atomic E-state index is 0.649. The zero-order valence-corrected chi connectivity index (χ0v) is 10.1. The quantitative estimate of drug-likeness (QED) is 0.795. The number of hydrogen-bond donors (Lipinski definition) is 0. The van der Waals surface area contributed by atoms with Gasteiger partial charge in [-0.25, -0.2) is 0 Å². The molecule has 2 aromatic carbocycles. The zero-order valence-electron chi connectivity index (χ0n) is 10.1. The molecule has 0 saturated heterocycles. The fourth-order valence-corrected chi connectivity index (χ4v) is 1.78. The molecular formula is C15H15O2. The Bertz CT molecular complexity index is 492. The van der Waals surface area contributed by atoms with Gasteiger partial charge in [-0.2, -0.15) is 0 Å². The van der Waals surface area contributed by atoms with E-state index in [9.17, 15) is 0 Å². The van der Waals surface area contributed by atoms with Crippen LogP contribution in [0.1, 0.15) is 6.92 Å². The summed E-state index contributed by atoms with van der Waals surface area (Å²) in [6, 6.07) is 16.7. The highest BCUT2D eigenvalue weighted by molar-refractivity contribution is 5.75. The minimum Gasteiger partial charge on any atom is -0.496 e. The highest BCUT2D eigenvalue weighted by Gasteiger charge is 2.09. The summed E-state index contributed by atoms with van der Waals surface area (Å²) in [6.07, 6.45) is 0. The van der Waals surface area contributed by atoms with E-state index in [1.165, 1.54) is 0 Å². The first-order valence-electron chi connectivity index (χ1n) is 5.63. The first kappa shape index (κ1) is 11.5. The number of ether oxygens (including phenoxy) is 2. The summed E-state index contributed by atoms with van der Waals surface area (Å²) in [5.74, 6) is 1.70. The molecule has 2 nitrogen and oxygen atoms in total. The highest BCUT2D eigenvalue weighted by Crippen LogP contribution is 2.35. The first-order chi connectivity index (χ1) is 8.36. The molecule has 17 heavy (non-hydrogen) atoms. The van der Waals surface area contributed by atoms with E-state index in [-0.39, 0.29) is 0 Å². The third-order valence-corrected chi connectivity index (χ3v) is 2.52. The molecule has 2 heteroatoms. The van der Waals surface area contributed by atoms with Crippen LogP contribution < -0.4 is 9.47 Å². The Hall–Kier alpha value is -1.96. The maximum absolute atomic E-state index is 5.62. The fourth-order valence-electron chi connectivity index (χ4n) is 1.78. The first-order valence-corrected chi connectivity index (χ1v) is 5.63. The summed E-state index contributed by atoms with van der Waals surface area (Å²) in [5.41, 5.74) is 2.03. The summed E-state index contributed by atoms with van der Waals surface area (Å²) in [6.45, 7) is 2.63. The summed E-state index contributed by atoms with van der Waals surface area (Å²) in [4.78, 5) is 0. The average Bonchev–Trinajstić information content (AvgIpc) is 2.40. The predicted molar refractivity (Wildman–Crippen MR) is 68.4 cm³/mol. The maximum atomic E-state index is 5.62. The average molecular weight is 227 g/mol. The van der Waals surface area contributed by atoms with E-state index in [0.29, 0.717) is 6.61 Å². The molecule has 0 atom stereocenters. The molecule has 87 valence electrons. The molecule has 0 aliphatic carbocycles. The SMILES string of the molecule is CCOc1ccccc1-c1c[c]ccc1OC. The Labute approximate surface area is 102 Å². The number of benzene rings is 2. The Morgan fingerprint density at radius 1 is 1.06 bits per heavy atom. The van der Waals surface area contributed by atoms with Gasteiger partial charge >= 0.3 is 0 Å². The molecule has 0 aliphatic heterocycles. The van der Waals surface area contributed by atoms with Crippen molar-refractivity contribution in [2.45, 2.75) is 6.92 Å². The molecule has 2 aromatic rings. The van der Waals surface area contributed by atoms with Crippen LogP contribution >= 0.6 is 0 Å². The van der Waals surface area contributed by atoms with Gasteiger partial charge in [0.15, 0.2) is 0 Å². The number of hydrogen-bond acceptors (Lipinski definition) is 2. The molecule has 0 spiro atoms. The van der Waals surface area contributed by atoms with Gasteiger partial charge in [0.25, 0.3) is 0 Å². The molecule has 0 heterocycles. The molecule has 0 saturated carbocycles. The second-order valence-electron chi connectivity index (χ2n) is 3.56. The molecule has 0 aromatic heterocycles. The largest absolute Gasteiger partial charge is 0.496 e. The lowest BCUT2D eigenvalue weighted by Crippen LogP contribution is -1.95. The third kappa shape index (κ3) is 2.41. The van der Waals surface area contributed by atoms with Gasteiger partial charge in [0.05, 0.1) is 13.7 Å². The molecule has 0 unspecified atom stereocenters. The van der Waals surface area contributed by atoms with Gasteiger partial charge < -0.3 is 9.47 Å². The van der Waals surface area contributed by atoms with Crippen molar-refractivity contribution < 1.29 is 9.47 Å². The van der Waals surface area contributed by atoms with Gasteiger partial charge in [0.1, 0.15) is 11.5 Å². The van der Waals surface area contributed by atoms with Crippen molar-refractivity contribution >= 4 is 0 Å². The van der Waals surface area contributed by atoms with E-state index < -0.39 is 0 Å². The molecule has 1 radical (unpaired) electrons. The van der Waals surface area contributed by atoms with Crippen LogP contribution in [0.2, 0.25) is 0 Å². The molecule has 0 fully saturated rings. The topological polar surface area (TPSA) is 18.5 Å². The molecule has 0 N–H and O–H groups in total. The van der Waals surface area contributed by atoms with Crippen molar-refractivity contribution in [3.63, 3.8) is 0 Å². The van der Waals surface area contributed by atoms with E-state index >= 15 is 0 Å². The molecule has 0 amide bonds. The van der Waals surface area contributed by atoms with Gasteiger partial charge in [-0.15, -0.1) is 0 Å². The van der Waals surface area contributed by atoms with Crippen LogP contribution in [0, 0.1) is 6.07 Å². The standard InChI is InChI=1S/C15H15O2/c1-3-17-15-11-7-5-9-13(15)12-8-4-6-10-14(12)16-2/h5-11H,3H2,1-2H3. The van der Waals surface area contributed by atoms with E-state index in [1.807, 2.05) is 49.4 Å². The van der Waals surface area contributed by atoms with Gasteiger partial charge in [0, 0.05) is 11.1 Å².